The molecule has 0 aromatic carbocycles. The van der Waals surface area contributed by atoms with Crippen LogP contribution in [0.3, 0.4) is 0 Å². The van der Waals surface area contributed by atoms with Crippen molar-refractivity contribution in [2.75, 3.05) is 0 Å². The minimum absolute atomic E-state index is 0.167. The van der Waals surface area contributed by atoms with Gasteiger partial charge in [0.25, 0.3) is 0 Å². The van der Waals surface area contributed by atoms with Gasteiger partial charge in [0.2, 0.25) is 5.78 Å². The summed E-state index contributed by atoms with van der Waals surface area (Å²) in [4.78, 5) is 15.9. The molecule has 0 aliphatic carbocycles. The van der Waals surface area contributed by atoms with Crippen molar-refractivity contribution in [2.45, 2.75) is 6.92 Å². The standard InChI is InChI=1S/C11H8BrNO2/c1-7-2-3-8(6-13-7)10(14)11-9(12)4-5-15-11/h2-6H,1H3. The van der Waals surface area contributed by atoms with Gasteiger partial charge >= 0.3 is 0 Å². The van der Waals surface area contributed by atoms with E-state index in [4.69, 9.17) is 4.42 Å². The van der Waals surface area contributed by atoms with Crippen LogP contribution < -0.4 is 0 Å². The van der Waals surface area contributed by atoms with Gasteiger partial charge in [0.1, 0.15) is 0 Å². The minimum atomic E-state index is -0.167. The zero-order chi connectivity index (χ0) is 10.8. The first-order valence-corrected chi connectivity index (χ1v) is 5.18. The summed E-state index contributed by atoms with van der Waals surface area (Å²) in [6.45, 7) is 1.87. The van der Waals surface area contributed by atoms with E-state index in [0.29, 0.717) is 15.8 Å². The van der Waals surface area contributed by atoms with Gasteiger partial charge in [0.05, 0.1) is 10.7 Å². The van der Waals surface area contributed by atoms with E-state index in [1.165, 1.54) is 6.26 Å². The molecular weight excluding hydrogens is 258 g/mol. The Labute approximate surface area is 95.3 Å². The zero-order valence-corrected chi connectivity index (χ0v) is 9.61. The molecule has 2 aromatic rings. The van der Waals surface area contributed by atoms with Gasteiger partial charge in [-0.3, -0.25) is 9.78 Å². The normalized spacial score (nSPS) is 10.3. The van der Waals surface area contributed by atoms with Crippen LogP contribution in [0.4, 0.5) is 0 Å². The summed E-state index contributed by atoms with van der Waals surface area (Å²) in [5.41, 5.74) is 1.40. The molecule has 0 aliphatic heterocycles. The number of pyridine rings is 1. The summed E-state index contributed by atoms with van der Waals surface area (Å²) in [5, 5.41) is 0. The van der Waals surface area contributed by atoms with Gasteiger partial charge in [-0.15, -0.1) is 0 Å². The van der Waals surface area contributed by atoms with Crippen LogP contribution in [-0.4, -0.2) is 10.8 Å². The molecule has 0 amide bonds. The molecular formula is C11H8BrNO2. The number of aryl methyl sites for hydroxylation is 1. The van der Waals surface area contributed by atoms with Crippen molar-refractivity contribution in [3.05, 3.63) is 52.1 Å². The molecule has 0 unspecified atom stereocenters. The predicted molar refractivity (Wildman–Crippen MR) is 58.8 cm³/mol. The largest absolute Gasteiger partial charge is 0.460 e. The molecule has 0 fully saturated rings. The molecule has 3 nitrogen and oxygen atoms in total. The number of carbonyl (C=O) groups excluding carboxylic acids is 1. The molecule has 0 atom stereocenters. The van der Waals surface area contributed by atoms with Crippen molar-refractivity contribution in [1.29, 1.82) is 0 Å². The first-order chi connectivity index (χ1) is 7.18. The van der Waals surface area contributed by atoms with Crippen LogP contribution in [0.15, 0.2) is 39.5 Å². The van der Waals surface area contributed by atoms with E-state index in [9.17, 15) is 4.79 Å². The monoisotopic (exact) mass is 265 g/mol. The Morgan fingerprint density at radius 3 is 2.73 bits per heavy atom. The van der Waals surface area contributed by atoms with Crippen molar-refractivity contribution in [3.63, 3.8) is 0 Å². The molecule has 15 heavy (non-hydrogen) atoms. The number of halogens is 1. The van der Waals surface area contributed by atoms with Gasteiger partial charge in [-0.1, -0.05) is 0 Å². The molecule has 0 aliphatic rings. The van der Waals surface area contributed by atoms with E-state index in [1.807, 2.05) is 6.92 Å². The molecule has 4 heteroatoms. The summed E-state index contributed by atoms with van der Waals surface area (Å²) in [7, 11) is 0. The average Bonchev–Trinajstić information content (AvgIpc) is 2.65. The Hall–Kier alpha value is -1.42. The first-order valence-electron chi connectivity index (χ1n) is 4.39. The third kappa shape index (κ3) is 1.99. The maximum atomic E-state index is 11.9. The second-order valence-electron chi connectivity index (χ2n) is 3.12. The lowest BCUT2D eigenvalue weighted by atomic mass is 10.1. The fourth-order valence-corrected chi connectivity index (χ4v) is 1.57. The molecule has 2 rings (SSSR count). The van der Waals surface area contributed by atoms with Gasteiger partial charge in [-0.05, 0) is 41.1 Å². The SMILES string of the molecule is Cc1ccc(C(=O)c2occc2Br)cn1. The van der Waals surface area contributed by atoms with Gasteiger partial charge < -0.3 is 4.42 Å². The zero-order valence-electron chi connectivity index (χ0n) is 8.03. The predicted octanol–water partition coefficient (Wildman–Crippen LogP) is 2.98. The fourth-order valence-electron chi connectivity index (χ4n) is 1.19. The van der Waals surface area contributed by atoms with Crippen LogP contribution in [0.5, 0.6) is 0 Å². The highest BCUT2D eigenvalue weighted by atomic mass is 79.9. The summed E-state index contributed by atoms with van der Waals surface area (Å²) in [5.74, 6) is 0.139. The third-order valence-corrected chi connectivity index (χ3v) is 2.62. The molecule has 2 aromatic heterocycles. The van der Waals surface area contributed by atoms with Crippen molar-refractivity contribution in [2.24, 2.45) is 0 Å². The van der Waals surface area contributed by atoms with Crippen LogP contribution in [0.2, 0.25) is 0 Å². The van der Waals surface area contributed by atoms with E-state index in [1.54, 1.807) is 24.4 Å². The van der Waals surface area contributed by atoms with Gasteiger partial charge in [0, 0.05) is 17.5 Å². The van der Waals surface area contributed by atoms with Crippen LogP contribution in [0.25, 0.3) is 0 Å². The third-order valence-electron chi connectivity index (χ3n) is 2.00. The molecule has 0 N–H and O–H groups in total. The number of carbonyl (C=O) groups is 1. The fraction of sp³-hybridized carbons (Fsp3) is 0.0909. The number of ketones is 1. The van der Waals surface area contributed by atoms with E-state index in [2.05, 4.69) is 20.9 Å². The summed E-state index contributed by atoms with van der Waals surface area (Å²) in [6.07, 6.45) is 3.02. The van der Waals surface area contributed by atoms with Crippen LogP contribution in [-0.2, 0) is 0 Å². The highest BCUT2D eigenvalue weighted by Crippen LogP contribution is 2.20. The Balaban J connectivity index is 2.37. The second kappa shape index (κ2) is 3.98. The van der Waals surface area contributed by atoms with E-state index >= 15 is 0 Å². The maximum absolute atomic E-state index is 11.9. The Kier molecular flexibility index (Phi) is 2.68. The number of nitrogens with zero attached hydrogens (tertiary/aromatic N) is 1. The molecule has 0 radical (unpaired) electrons. The van der Waals surface area contributed by atoms with Crippen molar-refractivity contribution in [1.82, 2.24) is 4.98 Å². The van der Waals surface area contributed by atoms with E-state index in [-0.39, 0.29) is 5.78 Å². The summed E-state index contributed by atoms with van der Waals surface area (Å²) in [6, 6.07) is 5.22. The highest BCUT2D eigenvalue weighted by molar-refractivity contribution is 9.10. The van der Waals surface area contributed by atoms with Gasteiger partial charge in [0.15, 0.2) is 5.76 Å². The molecule has 0 spiro atoms. The summed E-state index contributed by atoms with van der Waals surface area (Å²) >= 11 is 3.24. The Morgan fingerprint density at radius 2 is 2.20 bits per heavy atom. The van der Waals surface area contributed by atoms with Crippen molar-refractivity contribution < 1.29 is 9.21 Å². The van der Waals surface area contributed by atoms with Gasteiger partial charge in [-0.25, -0.2) is 0 Å². The number of aromatic nitrogens is 1. The quantitative estimate of drug-likeness (QED) is 0.785. The number of hydrogen-bond donors (Lipinski definition) is 0. The molecule has 0 saturated heterocycles. The molecule has 0 bridgehead atoms. The summed E-state index contributed by atoms with van der Waals surface area (Å²) < 4.78 is 5.75. The van der Waals surface area contributed by atoms with Crippen LogP contribution in [0.1, 0.15) is 21.8 Å². The lowest BCUT2D eigenvalue weighted by molar-refractivity contribution is 0.101. The highest BCUT2D eigenvalue weighted by Gasteiger charge is 2.15. The molecule has 0 saturated carbocycles. The lowest BCUT2D eigenvalue weighted by Crippen LogP contribution is -2.01. The number of rotatable bonds is 2. The lowest BCUT2D eigenvalue weighted by Gasteiger charge is -1.98. The van der Waals surface area contributed by atoms with Crippen LogP contribution >= 0.6 is 15.9 Å². The van der Waals surface area contributed by atoms with E-state index in [0.717, 1.165) is 5.69 Å². The smallest absolute Gasteiger partial charge is 0.230 e. The topological polar surface area (TPSA) is 43.1 Å². The Bertz CT molecular complexity index is 488. The molecule has 76 valence electrons. The second-order valence-corrected chi connectivity index (χ2v) is 3.97. The Morgan fingerprint density at radius 1 is 1.40 bits per heavy atom. The minimum Gasteiger partial charge on any atom is -0.460 e. The first kappa shape index (κ1) is 10.1. The molecule has 2 heterocycles. The van der Waals surface area contributed by atoms with Crippen molar-refractivity contribution in [3.8, 4) is 0 Å². The van der Waals surface area contributed by atoms with Crippen molar-refractivity contribution >= 4 is 21.7 Å². The maximum Gasteiger partial charge on any atom is 0.230 e. The van der Waals surface area contributed by atoms with E-state index < -0.39 is 0 Å². The van der Waals surface area contributed by atoms with Crippen LogP contribution in [0, 0.1) is 6.92 Å². The average molecular weight is 266 g/mol. The van der Waals surface area contributed by atoms with Gasteiger partial charge in [-0.2, -0.15) is 0 Å². The number of furan rings is 1. The number of hydrogen-bond acceptors (Lipinski definition) is 3.